The molecule has 0 bridgehead atoms. The van der Waals surface area contributed by atoms with E-state index < -0.39 is 0 Å². The number of amides is 1. The average molecular weight is 356 g/mol. The minimum atomic E-state index is -0.0272. The number of thiazole rings is 1. The summed E-state index contributed by atoms with van der Waals surface area (Å²) in [6, 6.07) is 15.4. The Kier molecular flexibility index (Phi) is 5.63. The van der Waals surface area contributed by atoms with Gasteiger partial charge in [-0.1, -0.05) is 41.7 Å². The Morgan fingerprint density at radius 3 is 2.64 bits per heavy atom. The van der Waals surface area contributed by atoms with Crippen LogP contribution in [-0.4, -0.2) is 38.3 Å². The summed E-state index contributed by atoms with van der Waals surface area (Å²) in [4.78, 5) is 19.2. The quantitative estimate of drug-likeness (QED) is 0.650. The van der Waals surface area contributed by atoms with Crippen LogP contribution in [0.25, 0.3) is 10.2 Å². The number of hydrogen-bond acceptors (Lipinski definition) is 5. The molecule has 6 heteroatoms. The van der Waals surface area contributed by atoms with E-state index in [1.54, 1.807) is 19.1 Å². The Bertz CT molecular complexity index is 830. The smallest absolute Gasteiger partial charge is 0.233 e. The molecule has 0 unspecified atom stereocenters. The summed E-state index contributed by atoms with van der Waals surface area (Å²) < 4.78 is 11.6. The first-order valence-corrected chi connectivity index (χ1v) is 8.81. The van der Waals surface area contributed by atoms with Gasteiger partial charge in [0.15, 0.2) is 5.13 Å². The van der Waals surface area contributed by atoms with Crippen molar-refractivity contribution in [1.82, 2.24) is 4.98 Å². The number of benzene rings is 2. The van der Waals surface area contributed by atoms with Gasteiger partial charge < -0.3 is 9.47 Å². The molecule has 0 aliphatic carbocycles. The van der Waals surface area contributed by atoms with Crippen molar-refractivity contribution in [2.45, 2.75) is 6.42 Å². The normalized spacial score (nSPS) is 10.8. The number of carbonyl (C=O) groups is 1. The van der Waals surface area contributed by atoms with Gasteiger partial charge in [0.2, 0.25) is 5.91 Å². The molecule has 130 valence electrons. The second-order valence-electron chi connectivity index (χ2n) is 5.49. The SMILES string of the molecule is COCCN(C(=O)Cc1ccccc1OC)c1nc2ccccc2s1. The number of methoxy groups -OCH3 is 2. The number of ether oxygens (including phenoxy) is 2. The summed E-state index contributed by atoms with van der Waals surface area (Å²) in [6.07, 6.45) is 0.254. The molecule has 1 heterocycles. The molecule has 25 heavy (non-hydrogen) atoms. The number of aromatic nitrogens is 1. The van der Waals surface area contributed by atoms with Crippen molar-refractivity contribution in [3.8, 4) is 5.75 Å². The lowest BCUT2D eigenvalue weighted by Crippen LogP contribution is -2.35. The molecule has 0 spiro atoms. The summed E-state index contributed by atoms with van der Waals surface area (Å²) in [5, 5.41) is 0.693. The van der Waals surface area contributed by atoms with Crippen LogP contribution in [0.15, 0.2) is 48.5 Å². The summed E-state index contributed by atoms with van der Waals surface area (Å²) in [5.74, 6) is 0.687. The molecule has 0 saturated carbocycles. The van der Waals surface area contributed by atoms with Crippen LogP contribution in [0.4, 0.5) is 5.13 Å². The van der Waals surface area contributed by atoms with Crippen LogP contribution in [0.1, 0.15) is 5.56 Å². The number of nitrogens with zero attached hydrogens (tertiary/aromatic N) is 2. The standard InChI is InChI=1S/C19H20N2O3S/c1-23-12-11-21(19-20-15-8-4-6-10-17(15)25-19)18(22)13-14-7-3-5-9-16(14)24-2/h3-10H,11-13H2,1-2H3. The second kappa shape index (κ2) is 8.09. The van der Waals surface area contributed by atoms with Crippen molar-refractivity contribution in [1.29, 1.82) is 0 Å². The predicted molar refractivity (Wildman–Crippen MR) is 101 cm³/mol. The monoisotopic (exact) mass is 356 g/mol. The van der Waals surface area contributed by atoms with E-state index in [4.69, 9.17) is 9.47 Å². The molecule has 1 amide bonds. The molecule has 0 N–H and O–H groups in total. The second-order valence-corrected chi connectivity index (χ2v) is 6.50. The van der Waals surface area contributed by atoms with Gasteiger partial charge in [-0.3, -0.25) is 9.69 Å². The van der Waals surface area contributed by atoms with E-state index in [1.807, 2.05) is 48.5 Å². The Labute approximate surface area is 150 Å². The summed E-state index contributed by atoms with van der Waals surface area (Å²) in [7, 11) is 3.24. The summed E-state index contributed by atoms with van der Waals surface area (Å²) >= 11 is 1.51. The maximum absolute atomic E-state index is 12.9. The average Bonchev–Trinajstić information content (AvgIpc) is 3.06. The van der Waals surface area contributed by atoms with Crippen LogP contribution in [0.5, 0.6) is 5.75 Å². The fourth-order valence-electron chi connectivity index (χ4n) is 2.59. The number of rotatable bonds is 7. The predicted octanol–water partition coefficient (Wildman–Crippen LogP) is 3.53. The highest BCUT2D eigenvalue weighted by Gasteiger charge is 2.21. The maximum Gasteiger partial charge on any atom is 0.233 e. The van der Waals surface area contributed by atoms with Crippen molar-refractivity contribution in [3.63, 3.8) is 0 Å². The first-order valence-electron chi connectivity index (χ1n) is 7.99. The molecule has 1 aromatic heterocycles. The minimum absolute atomic E-state index is 0.0272. The van der Waals surface area contributed by atoms with Crippen molar-refractivity contribution in [2.75, 3.05) is 32.3 Å². The van der Waals surface area contributed by atoms with Crippen molar-refractivity contribution >= 4 is 32.6 Å². The largest absolute Gasteiger partial charge is 0.496 e. The summed E-state index contributed by atoms with van der Waals surface area (Å²) in [6.45, 7) is 0.915. The van der Waals surface area contributed by atoms with E-state index in [0.29, 0.717) is 24.0 Å². The molecule has 0 atom stereocenters. The third-order valence-corrected chi connectivity index (χ3v) is 4.93. The van der Waals surface area contributed by atoms with Gasteiger partial charge >= 0.3 is 0 Å². The number of carbonyl (C=O) groups excluding carboxylic acids is 1. The maximum atomic E-state index is 12.9. The number of fused-ring (bicyclic) bond motifs is 1. The van der Waals surface area contributed by atoms with E-state index in [-0.39, 0.29) is 12.3 Å². The van der Waals surface area contributed by atoms with E-state index in [2.05, 4.69) is 4.98 Å². The molecule has 0 aliphatic rings. The van der Waals surface area contributed by atoms with Gasteiger partial charge in [0.25, 0.3) is 0 Å². The highest BCUT2D eigenvalue weighted by Crippen LogP contribution is 2.29. The van der Waals surface area contributed by atoms with Crippen LogP contribution in [0, 0.1) is 0 Å². The minimum Gasteiger partial charge on any atom is -0.496 e. The van der Waals surface area contributed by atoms with Gasteiger partial charge in [-0.25, -0.2) is 4.98 Å². The van der Waals surface area contributed by atoms with Crippen LogP contribution in [-0.2, 0) is 16.0 Å². The molecule has 0 aliphatic heterocycles. The van der Waals surface area contributed by atoms with E-state index in [1.165, 1.54) is 11.3 Å². The first kappa shape index (κ1) is 17.4. The zero-order valence-corrected chi connectivity index (χ0v) is 15.1. The number of hydrogen-bond donors (Lipinski definition) is 0. The third-order valence-electron chi connectivity index (χ3n) is 3.87. The van der Waals surface area contributed by atoms with Crippen molar-refractivity contribution in [2.24, 2.45) is 0 Å². The van der Waals surface area contributed by atoms with Gasteiger partial charge in [-0.15, -0.1) is 0 Å². The molecular formula is C19H20N2O3S. The van der Waals surface area contributed by atoms with Gasteiger partial charge in [-0.05, 0) is 18.2 Å². The first-order chi connectivity index (χ1) is 12.2. The Balaban J connectivity index is 1.87. The number of anilines is 1. The zero-order valence-electron chi connectivity index (χ0n) is 14.3. The summed E-state index contributed by atoms with van der Waals surface area (Å²) in [5.41, 5.74) is 1.76. The third kappa shape index (κ3) is 3.97. The van der Waals surface area contributed by atoms with Gasteiger partial charge in [0.1, 0.15) is 5.75 Å². The molecular weight excluding hydrogens is 336 g/mol. The van der Waals surface area contributed by atoms with Crippen LogP contribution < -0.4 is 9.64 Å². The molecule has 0 fully saturated rings. The van der Waals surface area contributed by atoms with Crippen LogP contribution in [0.3, 0.4) is 0 Å². The van der Waals surface area contributed by atoms with Crippen molar-refractivity contribution in [3.05, 3.63) is 54.1 Å². The van der Waals surface area contributed by atoms with E-state index in [0.717, 1.165) is 15.8 Å². The van der Waals surface area contributed by atoms with Crippen molar-refractivity contribution < 1.29 is 14.3 Å². The molecule has 2 aromatic carbocycles. The lowest BCUT2D eigenvalue weighted by Gasteiger charge is -2.20. The fourth-order valence-corrected chi connectivity index (χ4v) is 3.60. The zero-order chi connectivity index (χ0) is 17.6. The molecule has 3 aromatic rings. The fraction of sp³-hybridized carbons (Fsp3) is 0.263. The highest BCUT2D eigenvalue weighted by molar-refractivity contribution is 7.22. The van der Waals surface area contributed by atoms with Gasteiger partial charge in [-0.2, -0.15) is 0 Å². The van der Waals surface area contributed by atoms with Crippen LogP contribution >= 0.6 is 11.3 Å². The molecule has 3 rings (SSSR count). The van der Waals surface area contributed by atoms with Gasteiger partial charge in [0, 0.05) is 12.7 Å². The molecule has 5 nitrogen and oxygen atoms in total. The lowest BCUT2D eigenvalue weighted by molar-refractivity contribution is -0.118. The Morgan fingerprint density at radius 2 is 1.88 bits per heavy atom. The topological polar surface area (TPSA) is 51.7 Å². The van der Waals surface area contributed by atoms with E-state index in [9.17, 15) is 4.79 Å². The van der Waals surface area contributed by atoms with E-state index >= 15 is 0 Å². The van der Waals surface area contributed by atoms with Gasteiger partial charge in [0.05, 0.1) is 36.9 Å². The molecule has 0 radical (unpaired) electrons. The number of para-hydroxylation sites is 2. The highest BCUT2D eigenvalue weighted by atomic mass is 32.1. The molecule has 0 saturated heterocycles. The lowest BCUT2D eigenvalue weighted by atomic mass is 10.1. The van der Waals surface area contributed by atoms with Crippen LogP contribution in [0.2, 0.25) is 0 Å². The Morgan fingerprint density at radius 1 is 1.12 bits per heavy atom. The Hall–Kier alpha value is -2.44.